The highest BCUT2D eigenvalue weighted by Gasteiger charge is 2.28. The maximum atomic E-state index is 13.7. The molecule has 0 radical (unpaired) electrons. The van der Waals surface area contributed by atoms with Gasteiger partial charge in [0.2, 0.25) is 21.8 Å². The van der Waals surface area contributed by atoms with E-state index in [1.807, 2.05) is 37.3 Å². The molecule has 2 aromatic carbocycles. The Balaban J connectivity index is 2.19. The number of carbonyl (C=O) groups is 2. The second kappa shape index (κ2) is 12.5. The van der Waals surface area contributed by atoms with Gasteiger partial charge in [-0.3, -0.25) is 13.9 Å². The predicted octanol–water partition coefficient (Wildman–Crippen LogP) is 3.45. The summed E-state index contributed by atoms with van der Waals surface area (Å²) in [5.41, 5.74) is 0.835. The van der Waals surface area contributed by atoms with E-state index in [0.29, 0.717) is 13.0 Å². The van der Waals surface area contributed by atoms with Crippen LogP contribution in [-0.2, 0) is 26.2 Å². The Bertz CT molecular complexity index is 1080. The molecule has 0 spiro atoms. The van der Waals surface area contributed by atoms with Crippen molar-refractivity contribution in [2.24, 2.45) is 0 Å². The van der Waals surface area contributed by atoms with Crippen LogP contribution in [0.15, 0.2) is 48.5 Å². The van der Waals surface area contributed by atoms with Crippen molar-refractivity contribution in [2.45, 2.75) is 45.7 Å². The first-order valence-corrected chi connectivity index (χ1v) is 13.0. The summed E-state index contributed by atoms with van der Waals surface area (Å²) < 4.78 is 52.4. The van der Waals surface area contributed by atoms with Crippen molar-refractivity contribution in [1.82, 2.24) is 10.2 Å². The summed E-state index contributed by atoms with van der Waals surface area (Å²) in [5, 5.41) is 2.76. The third kappa shape index (κ3) is 7.51. The highest BCUT2D eigenvalue weighted by Crippen LogP contribution is 2.22. The van der Waals surface area contributed by atoms with E-state index in [0.717, 1.165) is 28.3 Å². The summed E-state index contributed by atoms with van der Waals surface area (Å²) in [4.78, 5) is 27.3. The molecule has 0 heterocycles. The Hall–Kier alpha value is -3.01. The topological polar surface area (TPSA) is 86.8 Å². The minimum atomic E-state index is -3.80. The zero-order valence-corrected chi connectivity index (χ0v) is 20.4. The van der Waals surface area contributed by atoms with Crippen LogP contribution in [0.4, 0.5) is 14.5 Å². The van der Waals surface area contributed by atoms with Gasteiger partial charge in [-0.25, -0.2) is 17.2 Å². The minimum Gasteiger partial charge on any atom is -0.355 e. The van der Waals surface area contributed by atoms with Crippen molar-refractivity contribution in [3.63, 3.8) is 0 Å². The van der Waals surface area contributed by atoms with Crippen molar-refractivity contribution in [2.75, 3.05) is 23.7 Å². The molecule has 34 heavy (non-hydrogen) atoms. The smallest absolute Gasteiger partial charge is 0.242 e. The van der Waals surface area contributed by atoms with Gasteiger partial charge >= 0.3 is 0 Å². The second-order valence-corrected chi connectivity index (χ2v) is 9.77. The van der Waals surface area contributed by atoms with Gasteiger partial charge in [0.15, 0.2) is 11.6 Å². The summed E-state index contributed by atoms with van der Waals surface area (Å²) in [5.74, 6) is -2.81. The number of benzene rings is 2. The van der Waals surface area contributed by atoms with Crippen LogP contribution in [0.5, 0.6) is 0 Å². The van der Waals surface area contributed by atoms with Gasteiger partial charge in [0, 0.05) is 32.1 Å². The molecule has 186 valence electrons. The van der Waals surface area contributed by atoms with E-state index in [-0.39, 0.29) is 43.4 Å². The van der Waals surface area contributed by atoms with Crippen molar-refractivity contribution < 1.29 is 26.8 Å². The first-order valence-electron chi connectivity index (χ1n) is 11.1. The summed E-state index contributed by atoms with van der Waals surface area (Å²) >= 11 is 0. The third-order valence-electron chi connectivity index (χ3n) is 5.28. The number of rotatable bonds is 12. The molecule has 7 nitrogen and oxygen atoms in total. The van der Waals surface area contributed by atoms with E-state index in [1.165, 1.54) is 11.0 Å². The van der Waals surface area contributed by atoms with Crippen molar-refractivity contribution in [3.8, 4) is 0 Å². The van der Waals surface area contributed by atoms with Crippen LogP contribution in [-0.4, -0.2) is 50.5 Å². The van der Waals surface area contributed by atoms with E-state index >= 15 is 0 Å². The summed E-state index contributed by atoms with van der Waals surface area (Å²) in [6, 6.07) is 11.4. The van der Waals surface area contributed by atoms with Gasteiger partial charge in [-0.15, -0.1) is 0 Å². The largest absolute Gasteiger partial charge is 0.355 e. The van der Waals surface area contributed by atoms with Gasteiger partial charge < -0.3 is 10.2 Å². The van der Waals surface area contributed by atoms with Crippen LogP contribution in [0, 0.1) is 11.6 Å². The number of hydrogen-bond donors (Lipinski definition) is 1. The monoisotopic (exact) mass is 495 g/mol. The molecule has 0 saturated heterocycles. The molecular weight excluding hydrogens is 464 g/mol. The van der Waals surface area contributed by atoms with Crippen LogP contribution in [0.25, 0.3) is 0 Å². The third-order valence-corrected chi connectivity index (χ3v) is 6.47. The lowest BCUT2D eigenvalue weighted by molar-refractivity contribution is -0.141. The molecule has 0 aromatic heterocycles. The molecule has 0 aliphatic rings. The van der Waals surface area contributed by atoms with Crippen molar-refractivity contribution >= 4 is 27.5 Å². The van der Waals surface area contributed by atoms with Crippen LogP contribution < -0.4 is 9.62 Å². The van der Waals surface area contributed by atoms with Gasteiger partial charge in [-0.1, -0.05) is 37.3 Å². The number of hydrogen-bond acceptors (Lipinski definition) is 4. The van der Waals surface area contributed by atoms with E-state index < -0.39 is 27.7 Å². The fourth-order valence-corrected chi connectivity index (χ4v) is 4.59. The fraction of sp³-hybridized carbons (Fsp3) is 0.417. The lowest BCUT2D eigenvalue weighted by Crippen LogP contribution is -2.49. The van der Waals surface area contributed by atoms with Crippen molar-refractivity contribution in [3.05, 3.63) is 65.7 Å². The first-order chi connectivity index (χ1) is 16.1. The molecule has 1 atom stereocenters. The van der Waals surface area contributed by atoms with Gasteiger partial charge in [-0.05, 0) is 37.5 Å². The number of likely N-dealkylation sites (N-methyl/N-ethyl adjacent to an activating group) is 1. The van der Waals surface area contributed by atoms with Crippen LogP contribution in [0.3, 0.4) is 0 Å². The average Bonchev–Trinajstić information content (AvgIpc) is 2.78. The molecule has 1 N–H and O–H groups in total. The highest BCUT2D eigenvalue weighted by molar-refractivity contribution is 7.92. The number of anilines is 1. The van der Waals surface area contributed by atoms with Crippen LogP contribution in [0.2, 0.25) is 0 Å². The summed E-state index contributed by atoms with van der Waals surface area (Å²) in [6.45, 7) is 4.17. The van der Waals surface area contributed by atoms with Gasteiger partial charge in [0.1, 0.15) is 6.04 Å². The van der Waals surface area contributed by atoms with Gasteiger partial charge in [-0.2, -0.15) is 0 Å². The molecular formula is C24H31F2N3O4S. The maximum Gasteiger partial charge on any atom is 0.242 e. The molecule has 10 heteroatoms. The molecule has 0 fully saturated rings. The first kappa shape index (κ1) is 27.2. The number of amides is 2. The van der Waals surface area contributed by atoms with Crippen molar-refractivity contribution in [1.29, 1.82) is 0 Å². The highest BCUT2D eigenvalue weighted by atomic mass is 32.2. The van der Waals surface area contributed by atoms with Gasteiger partial charge in [0.25, 0.3) is 0 Å². The SMILES string of the molecule is CCNC(=O)C(CC)N(Cc1ccccc1)C(=O)CCCN(c1ccc(F)c(F)c1)S(C)(=O)=O. The Morgan fingerprint density at radius 2 is 1.71 bits per heavy atom. The molecule has 0 bridgehead atoms. The van der Waals surface area contributed by atoms with E-state index in [9.17, 15) is 26.8 Å². The van der Waals surface area contributed by atoms with Gasteiger partial charge in [0.05, 0.1) is 11.9 Å². The lowest BCUT2D eigenvalue weighted by Gasteiger charge is -2.31. The second-order valence-electron chi connectivity index (χ2n) is 7.86. The molecule has 0 aliphatic carbocycles. The summed E-state index contributed by atoms with van der Waals surface area (Å²) in [6.07, 6.45) is 1.47. The Kier molecular flexibility index (Phi) is 9.97. The Morgan fingerprint density at radius 3 is 2.26 bits per heavy atom. The molecule has 0 aliphatic heterocycles. The molecule has 0 saturated carbocycles. The zero-order valence-electron chi connectivity index (χ0n) is 19.6. The zero-order chi connectivity index (χ0) is 25.3. The van der Waals surface area contributed by atoms with E-state index in [2.05, 4.69) is 5.32 Å². The minimum absolute atomic E-state index is 0.0243. The predicted molar refractivity (Wildman–Crippen MR) is 128 cm³/mol. The lowest BCUT2D eigenvalue weighted by atomic mass is 10.1. The number of sulfonamides is 1. The number of nitrogens with zero attached hydrogens (tertiary/aromatic N) is 2. The fourth-order valence-electron chi connectivity index (χ4n) is 3.64. The Morgan fingerprint density at radius 1 is 1.03 bits per heavy atom. The number of nitrogens with one attached hydrogen (secondary N) is 1. The molecule has 2 aromatic rings. The molecule has 2 rings (SSSR count). The average molecular weight is 496 g/mol. The van der Waals surface area contributed by atoms with E-state index in [4.69, 9.17) is 0 Å². The maximum absolute atomic E-state index is 13.7. The Labute approximate surface area is 199 Å². The molecule has 1 unspecified atom stereocenters. The quantitative estimate of drug-likeness (QED) is 0.489. The summed E-state index contributed by atoms with van der Waals surface area (Å²) in [7, 11) is -3.80. The number of carbonyl (C=O) groups excluding carboxylic acids is 2. The normalized spacial score (nSPS) is 12.1. The number of halogens is 2. The van der Waals surface area contributed by atoms with Crippen LogP contribution in [0.1, 0.15) is 38.7 Å². The molecule has 2 amide bonds. The van der Waals surface area contributed by atoms with E-state index in [1.54, 1.807) is 6.92 Å². The van der Waals surface area contributed by atoms with Crippen LogP contribution >= 0.6 is 0 Å². The standard InChI is InChI=1S/C24H31F2N3O4S/c1-4-22(24(31)27-5-2)28(17-18-10-7-6-8-11-18)23(30)12-9-15-29(34(3,32)33)19-13-14-20(25)21(26)16-19/h6-8,10-11,13-14,16,22H,4-5,9,12,15,17H2,1-3H3,(H,27,31).